The fourth-order valence-electron chi connectivity index (χ4n) is 2.84. The highest BCUT2D eigenvalue weighted by Gasteiger charge is 2.28. The van der Waals surface area contributed by atoms with Crippen molar-refractivity contribution in [3.8, 4) is 5.75 Å². The van der Waals surface area contributed by atoms with E-state index < -0.39 is 35.8 Å². The number of amides is 4. The Morgan fingerprint density at radius 1 is 0.968 bits per heavy atom. The van der Waals surface area contributed by atoms with Crippen molar-refractivity contribution < 1.29 is 24.3 Å². The van der Waals surface area contributed by atoms with Crippen molar-refractivity contribution in [2.75, 3.05) is 12.3 Å². The summed E-state index contributed by atoms with van der Waals surface area (Å²) in [4.78, 5) is 48.6. The minimum absolute atomic E-state index is 0.00540. The summed E-state index contributed by atoms with van der Waals surface area (Å²) in [6.07, 6.45) is 1.75. The molecule has 1 aromatic rings. The third-order valence-corrected chi connectivity index (χ3v) is 4.86. The molecule has 0 aromatic heterocycles. The molecule has 0 spiro atoms. The van der Waals surface area contributed by atoms with Crippen LogP contribution in [0.4, 0.5) is 0 Å². The second-order valence-corrected chi connectivity index (χ2v) is 7.48. The fraction of sp³-hybridized carbons (Fsp3) is 0.500. The maximum atomic E-state index is 12.8. The summed E-state index contributed by atoms with van der Waals surface area (Å²) in [5.41, 5.74) is 11.4. The normalized spacial score (nSPS) is 13.5. The molecular formula is C20H31N5O5S. The van der Waals surface area contributed by atoms with Gasteiger partial charge >= 0.3 is 0 Å². The van der Waals surface area contributed by atoms with Crippen LogP contribution in [0.5, 0.6) is 5.75 Å². The van der Waals surface area contributed by atoms with E-state index in [0.29, 0.717) is 31.4 Å². The number of carbonyl (C=O) groups excluding carboxylic acids is 4. The van der Waals surface area contributed by atoms with Gasteiger partial charge in [0.15, 0.2) is 0 Å². The summed E-state index contributed by atoms with van der Waals surface area (Å²) < 4.78 is 0. The number of primary amides is 1. The van der Waals surface area contributed by atoms with E-state index >= 15 is 0 Å². The zero-order valence-corrected chi connectivity index (χ0v) is 18.4. The maximum absolute atomic E-state index is 12.8. The molecule has 0 aliphatic heterocycles. The van der Waals surface area contributed by atoms with Gasteiger partial charge in [0.25, 0.3) is 0 Å². The molecule has 3 atom stereocenters. The summed E-state index contributed by atoms with van der Waals surface area (Å²) in [5.74, 6) is -2.24. The predicted octanol–water partition coefficient (Wildman–Crippen LogP) is -1.05. The van der Waals surface area contributed by atoms with E-state index in [1.807, 2.05) is 0 Å². The lowest BCUT2D eigenvalue weighted by atomic mass is 10.0. The number of hydrogen-bond acceptors (Lipinski definition) is 7. The number of phenols is 1. The van der Waals surface area contributed by atoms with Crippen molar-refractivity contribution in [1.29, 1.82) is 0 Å². The first-order valence-corrected chi connectivity index (χ1v) is 10.6. The number of hydrogen-bond donors (Lipinski definition) is 7. The van der Waals surface area contributed by atoms with Crippen LogP contribution in [0.25, 0.3) is 0 Å². The molecule has 10 nitrogen and oxygen atoms in total. The fourth-order valence-corrected chi connectivity index (χ4v) is 3.11. The van der Waals surface area contributed by atoms with Gasteiger partial charge in [0.1, 0.15) is 23.9 Å². The van der Waals surface area contributed by atoms with Crippen molar-refractivity contribution in [1.82, 2.24) is 16.0 Å². The Balaban J connectivity index is 3.02. The number of rotatable bonds is 13. The molecule has 31 heavy (non-hydrogen) atoms. The first-order chi connectivity index (χ1) is 14.7. The average molecular weight is 454 g/mol. The number of carbonyl (C=O) groups is 4. The standard InChI is InChI=1S/C20H31N5O5S/c1-12(26)23-15(4-2-3-9-21)19(29)24-16(10-13-5-7-14(27)8-6-13)20(30)25-17(11-31)18(22)28/h5-8,15-17,27,31H,2-4,9-11,21H2,1H3,(H2,22,28)(H,23,26)(H,24,29)(H,25,30). The van der Waals surface area contributed by atoms with Crippen LogP contribution in [-0.2, 0) is 25.6 Å². The van der Waals surface area contributed by atoms with Crippen molar-refractivity contribution in [3.05, 3.63) is 29.8 Å². The smallest absolute Gasteiger partial charge is 0.243 e. The van der Waals surface area contributed by atoms with E-state index in [-0.39, 0.29) is 23.8 Å². The number of benzene rings is 1. The molecule has 0 aliphatic carbocycles. The van der Waals surface area contributed by atoms with Gasteiger partial charge in [-0.15, -0.1) is 0 Å². The SMILES string of the molecule is CC(=O)NC(CCCCN)C(=O)NC(Cc1ccc(O)cc1)C(=O)NC(CS)C(N)=O. The van der Waals surface area contributed by atoms with Crippen LogP contribution in [0.15, 0.2) is 24.3 Å². The molecular weight excluding hydrogens is 422 g/mol. The van der Waals surface area contributed by atoms with Crippen molar-refractivity contribution in [3.63, 3.8) is 0 Å². The monoisotopic (exact) mass is 453 g/mol. The minimum Gasteiger partial charge on any atom is -0.508 e. The van der Waals surface area contributed by atoms with Crippen LogP contribution < -0.4 is 27.4 Å². The molecule has 172 valence electrons. The molecule has 1 aromatic carbocycles. The van der Waals surface area contributed by atoms with Crippen LogP contribution in [0.2, 0.25) is 0 Å². The summed E-state index contributed by atoms with van der Waals surface area (Å²) in [7, 11) is 0. The highest BCUT2D eigenvalue weighted by atomic mass is 32.1. The molecule has 0 radical (unpaired) electrons. The molecule has 8 N–H and O–H groups in total. The van der Waals surface area contributed by atoms with Crippen LogP contribution in [0.3, 0.4) is 0 Å². The molecule has 4 amide bonds. The lowest BCUT2D eigenvalue weighted by Crippen LogP contribution is -2.57. The Kier molecular flexibility index (Phi) is 11.4. The van der Waals surface area contributed by atoms with E-state index in [2.05, 4.69) is 28.6 Å². The Morgan fingerprint density at radius 3 is 2.06 bits per heavy atom. The first-order valence-electron chi connectivity index (χ1n) is 9.93. The van der Waals surface area contributed by atoms with E-state index in [0.717, 1.165) is 0 Å². The predicted molar refractivity (Wildman–Crippen MR) is 119 cm³/mol. The maximum Gasteiger partial charge on any atom is 0.243 e. The molecule has 0 saturated heterocycles. The third-order valence-electron chi connectivity index (χ3n) is 4.49. The number of phenolic OH excluding ortho intramolecular Hbond substituents is 1. The number of unbranched alkanes of at least 4 members (excludes halogenated alkanes) is 1. The average Bonchev–Trinajstić information content (AvgIpc) is 2.71. The summed E-state index contributed by atoms with van der Waals surface area (Å²) in [6, 6.07) is 3.24. The largest absolute Gasteiger partial charge is 0.508 e. The Labute approximate surface area is 186 Å². The van der Waals surface area contributed by atoms with Gasteiger partial charge < -0.3 is 32.5 Å². The molecule has 1 rings (SSSR count). The van der Waals surface area contributed by atoms with Gasteiger partial charge in [-0.25, -0.2) is 0 Å². The van der Waals surface area contributed by atoms with Gasteiger partial charge in [-0.05, 0) is 43.5 Å². The van der Waals surface area contributed by atoms with Gasteiger partial charge in [0.05, 0.1) is 0 Å². The Hall–Kier alpha value is -2.79. The van der Waals surface area contributed by atoms with E-state index in [1.54, 1.807) is 12.1 Å². The van der Waals surface area contributed by atoms with Gasteiger partial charge in [0, 0.05) is 19.1 Å². The van der Waals surface area contributed by atoms with Crippen molar-refractivity contribution in [2.24, 2.45) is 11.5 Å². The quantitative estimate of drug-likeness (QED) is 0.148. The second kappa shape index (κ2) is 13.5. The highest BCUT2D eigenvalue weighted by molar-refractivity contribution is 7.80. The molecule has 0 aliphatic rings. The summed E-state index contributed by atoms with van der Waals surface area (Å²) >= 11 is 4.01. The highest BCUT2D eigenvalue weighted by Crippen LogP contribution is 2.12. The molecule has 0 heterocycles. The van der Waals surface area contributed by atoms with Gasteiger partial charge in [0.2, 0.25) is 23.6 Å². The Morgan fingerprint density at radius 2 is 1.55 bits per heavy atom. The van der Waals surface area contributed by atoms with Gasteiger partial charge in [-0.1, -0.05) is 12.1 Å². The molecule has 3 unspecified atom stereocenters. The molecule has 0 fully saturated rings. The van der Waals surface area contributed by atoms with Crippen LogP contribution in [0.1, 0.15) is 31.7 Å². The second-order valence-electron chi connectivity index (χ2n) is 7.12. The van der Waals surface area contributed by atoms with E-state index in [9.17, 15) is 24.3 Å². The zero-order chi connectivity index (χ0) is 23.4. The Bertz CT molecular complexity index is 759. The number of nitrogens with two attached hydrogens (primary N) is 2. The number of nitrogens with one attached hydrogen (secondary N) is 3. The molecule has 11 heteroatoms. The third kappa shape index (κ3) is 9.71. The lowest BCUT2D eigenvalue weighted by Gasteiger charge is -2.24. The summed E-state index contributed by atoms with van der Waals surface area (Å²) in [6.45, 7) is 1.76. The van der Waals surface area contributed by atoms with Gasteiger partial charge in [-0.2, -0.15) is 12.6 Å². The topological polar surface area (TPSA) is 177 Å². The number of aromatic hydroxyl groups is 1. The first kappa shape index (κ1) is 26.2. The van der Waals surface area contributed by atoms with Crippen LogP contribution >= 0.6 is 12.6 Å². The zero-order valence-electron chi connectivity index (χ0n) is 17.5. The molecule has 0 bridgehead atoms. The van der Waals surface area contributed by atoms with E-state index in [4.69, 9.17) is 11.5 Å². The van der Waals surface area contributed by atoms with Crippen LogP contribution in [0, 0.1) is 0 Å². The summed E-state index contributed by atoms with van der Waals surface area (Å²) in [5, 5.41) is 17.2. The van der Waals surface area contributed by atoms with E-state index in [1.165, 1.54) is 19.1 Å². The lowest BCUT2D eigenvalue weighted by molar-refractivity contribution is -0.133. The van der Waals surface area contributed by atoms with Crippen LogP contribution in [-0.4, -0.2) is 59.2 Å². The minimum atomic E-state index is -1.05. The van der Waals surface area contributed by atoms with Gasteiger partial charge in [-0.3, -0.25) is 19.2 Å². The number of thiol groups is 1. The van der Waals surface area contributed by atoms with Crippen molar-refractivity contribution in [2.45, 2.75) is 50.7 Å². The van der Waals surface area contributed by atoms with Crippen molar-refractivity contribution >= 4 is 36.3 Å². The molecule has 0 saturated carbocycles.